The molecular weight excluding hydrogens is 532 g/mol. The summed E-state index contributed by atoms with van der Waals surface area (Å²) < 4.78 is 0.633. The van der Waals surface area contributed by atoms with E-state index in [0.29, 0.717) is 24.3 Å². The number of nitriles is 1. The van der Waals surface area contributed by atoms with Gasteiger partial charge in [0, 0.05) is 35.6 Å². The molecule has 176 valence electrons. The summed E-state index contributed by atoms with van der Waals surface area (Å²) in [6.45, 7) is 7.11. The maximum atomic E-state index is 11.4. The summed E-state index contributed by atoms with van der Waals surface area (Å²) in [4.78, 5) is 22.7. The number of nitrogens with zero attached hydrogens (tertiary/aromatic N) is 4. The van der Waals surface area contributed by atoms with E-state index in [2.05, 4.69) is 43.8 Å². The zero-order valence-electron chi connectivity index (χ0n) is 18.6. The quantitative estimate of drug-likeness (QED) is 0.218. The molecule has 0 amide bonds. The first kappa shape index (κ1) is 28.7. The van der Waals surface area contributed by atoms with Crippen LogP contribution in [0.4, 0.5) is 5.82 Å². The van der Waals surface area contributed by atoms with Crippen LogP contribution in [0.2, 0.25) is 0 Å². The second-order valence-electron chi connectivity index (χ2n) is 7.81. The summed E-state index contributed by atoms with van der Waals surface area (Å²) in [5.41, 5.74) is 1.49. The minimum atomic E-state index is -0.914. The summed E-state index contributed by atoms with van der Waals surface area (Å²) >= 11 is 6.14. The Hall–Kier alpha value is -1.34. The zero-order chi connectivity index (χ0) is 22.9. The van der Waals surface area contributed by atoms with Gasteiger partial charge in [0.2, 0.25) is 0 Å². The van der Waals surface area contributed by atoms with Crippen molar-refractivity contribution in [3.63, 3.8) is 0 Å². The minimum absolute atomic E-state index is 0. The number of unbranched alkanes of at least 4 members (excludes halogenated alkanes) is 4. The maximum Gasteiger partial charge on any atom is 0.319 e. The molecule has 2 heterocycles. The van der Waals surface area contributed by atoms with Crippen LogP contribution in [0.15, 0.2) is 26.5 Å². The number of rotatable bonds is 13. The van der Waals surface area contributed by atoms with E-state index >= 15 is 0 Å². The zero-order valence-corrected chi connectivity index (χ0v) is 22.7. The second kappa shape index (κ2) is 14.0. The van der Waals surface area contributed by atoms with Gasteiger partial charge in [-0.15, -0.1) is 23.7 Å². The number of carboxylic acid groups (broad SMARTS) is 1. The highest BCUT2D eigenvalue weighted by molar-refractivity contribution is 9.10. The third-order valence-electron chi connectivity index (χ3n) is 4.81. The van der Waals surface area contributed by atoms with Gasteiger partial charge in [0.15, 0.2) is 4.34 Å². The fraction of sp³-hybridized carbons (Fsp3) is 0.545. The highest BCUT2D eigenvalue weighted by Gasteiger charge is 2.29. The fourth-order valence-electron chi connectivity index (χ4n) is 2.96. The summed E-state index contributed by atoms with van der Waals surface area (Å²) in [5.74, 6) is -0.146. The van der Waals surface area contributed by atoms with E-state index in [-0.39, 0.29) is 12.4 Å². The van der Waals surface area contributed by atoms with E-state index in [0.717, 1.165) is 33.9 Å². The van der Waals surface area contributed by atoms with Gasteiger partial charge in [-0.3, -0.25) is 4.79 Å². The van der Waals surface area contributed by atoms with Crippen molar-refractivity contribution < 1.29 is 9.90 Å². The van der Waals surface area contributed by atoms with Gasteiger partial charge in [0.25, 0.3) is 0 Å². The Morgan fingerprint density at radius 1 is 1.31 bits per heavy atom. The molecule has 0 aliphatic carbocycles. The molecule has 0 radical (unpaired) electrons. The smallest absolute Gasteiger partial charge is 0.319 e. The Morgan fingerprint density at radius 2 is 2.03 bits per heavy atom. The predicted molar refractivity (Wildman–Crippen MR) is 138 cm³/mol. The SMILES string of the molecule is CCCCCCCN(CCc1csc(SC(C)(C)C(=O)O)n1)c1ncc(Br)cc1C#N.Cl. The lowest BCUT2D eigenvalue weighted by Crippen LogP contribution is -2.29. The first-order valence-electron chi connectivity index (χ1n) is 10.4. The number of thiazole rings is 1. The monoisotopic (exact) mass is 560 g/mol. The van der Waals surface area contributed by atoms with Crippen LogP contribution in [-0.2, 0) is 11.2 Å². The van der Waals surface area contributed by atoms with Crippen molar-refractivity contribution >= 4 is 63.2 Å². The van der Waals surface area contributed by atoms with Crippen LogP contribution >= 0.6 is 51.4 Å². The molecule has 0 saturated carbocycles. The number of hydrogen-bond acceptors (Lipinski definition) is 7. The van der Waals surface area contributed by atoms with Gasteiger partial charge < -0.3 is 10.0 Å². The van der Waals surface area contributed by atoms with Crippen LogP contribution < -0.4 is 4.90 Å². The van der Waals surface area contributed by atoms with Crippen LogP contribution in [0.3, 0.4) is 0 Å². The molecule has 10 heteroatoms. The number of halogens is 2. The maximum absolute atomic E-state index is 11.4. The average molecular weight is 562 g/mol. The highest BCUT2D eigenvalue weighted by atomic mass is 79.9. The van der Waals surface area contributed by atoms with Crippen LogP contribution in [0.1, 0.15) is 64.1 Å². The van der Waals surface area contributed by atoms with E-state index < -0.39 is 10.7 Å². The molecule has 0 saturated heterocycles. The van der Waals surface area contributed by atoms with Gasteiger partial charge in [0.1, 0.15) is 16.6 Å². The Kier molecular flexibility index (Phi) is 12.6. The lowest BCUT2D eigenvalue weighted by molar-refractivity contribution is -0.138. The Balaban J connectivity index is 0.00000512. The van der Waals surface area contributed by atoms with E-state index in [1.807, 2.05) is 5.38 Å². The van der Waals surface area contributed by atoms with Gasteiger partial charge in [-0.25, -0.2) is 9.97 Å². The Labute approximate surface area is 213 Å². The summed E-state index contributed by atoms with van der Waals surface area (Å²) in [7, 11) is 0. The minimum Gasteiger partial charge on any atom is -0.480 e. The summed E-state index contributed by atoms with van der Waals surface area (Å²) in [6, 6.07) is 4.06. The molecular formula is C22H30BrClN4O2S2. The molecule has 1 N–H and O–H groups in total. The fourth-order valence-corrected chi connectivity index (χ4v) is 5.51. The van der Waals surface area contributed by atoms with Gasteiger partial charge >= 0.3 is 5.97 Å². The number of carbonyl (C=O) groups is 1. The predicted octanol–water partition coefficient (Wildman–Crippen LogP) is 6.57. The number of carboxylic acids is 1. The third kappa shape index (κ3) is 8.89. The Morgan fingerprint density at radius 3 is 2.69 bits per heavy atom. The van der Waals surface area contributed by atoms with Crippen LogP contribution in [0, 0.1) is 11.3 Å². The molecule has 2 aromatic heterocycles. The van der Waals surface area contributed by atoms with Crippen molar-refractivity contribution in [3.05, 3.63) is 33.4 Å². The molecule has 0 aliphatic heterocycles. The normalized spacial score (nSPS) is 11.0. The third-order valence-corrected chi connectivity index (χ3v) is 7.42. The van der Waals surface area contributed by atoms with E-state index in [1.54, 1.807) is 26.1 Å². The van der Waals surface area contributed by atoms with Gasteiger partial charge in [-0.05, 0) is 42.3 Å². The first-order valence-corrected chi connectivity index (χ1v) is 12.9. The first-order chi connectivity index (χ1) is 14.8. The number of anilines is 1. The number of pyridine rings is 1. The largest absolute Gasteiger partial charge is 0.480 e. The van der Waals surface area contributed by atoms with Crippen molar-refractivity contribution in [2.45, 2.75) is 68.4 Å². The number of thioether (sulfide) groups is 1. The number of aliphatic carboxylic acids is 1. The summed E-state index contributed by atoms with van der Waals surface area (Å²) in [5, 5.41) is 20.9. The van der Waals surface area contributed by atoms with Gasteiger partial charge in [0.05, 0.1) is 11.3 Å². The van der Waals surface area contributed by atoms with Crippen LogP contribution in [0.25, 0.3) is 0 Å². The molecule has 32 heavy (non-hydrogen) atoms. The van der Waals surface area contributed by atoms with Crippen molar-refractivity contribution in [1.82, 2.24) is 9.97 Å². The number of aromatic nitrogens is 2. The standard InChI is InChI=1S/C22H29BrN4O2S2.ClH/c1-4-5-6-7-8-10-27(19-16(13-24)12-17(23)14-25-19)11-9-18-15-30-21(26-18)31-22(2,3)20(28)29;/h12,14-15H,4-11H2,1-3H3,(H,28,29);1H. The molecule has 0 spiro atoms. The topological polar surface area (TPSA) is 90.1 Å². The van der Waals surface area contributed by atoms with E-state index in [1.165, 1.54) is 42.4 Å². The molecule has 2 aromatic rings. The van der Waals surface area contributed by atoms with E-state index in [4.69, 9.17) is 0 Å². The van der Waals surface area contributed by atoms with Crippen LogP contribution in [-0.4, -0.2) is 38.9 Å². The van der Waals surface area contributed by atoms with Crippen molar-refractivity contribution in [3.8, 4) is 6.07 Å². The summed E-state index contributed by atoms with van der Waals surface area (Å²) in [6.07, 6.45) is 8.31. The van der Waals surface area contributed by atoms with Crippen molar-refractivity contribution in [2.24, 2.45) is 0 Å². The highest BCUT2D eigenvalue weighted by Crippen LogP contribution is 2.34. The average Bonchev–Trinajstić information content (AvgIpc) is 3.16. The van der Waals surface area contributed by atoms with Gasteiger partial charge in [-0.1, -0.05) is 44.4 Å². The van der Waals surface area contributed by atoms with Crippen molar-refractivity contribution in [2.75, 3.05) is 18.0 Å². The van der Waals surface area contributed by atoms with E-state index in [9.17, 15) is 15.2 Å². The molecule has 0 bridgehead atoms. The van der Waals surface area contributed by atoms with Crippen LogP contribution in [0.5, 0.6) is 0 Å². The lowest BCUT2D eigenvalue weighted by atomic mass is 10.1. The van der Waals surface area contributed by atoms with Crippen molar-refractivity contribution in [1.29, 1.82) is 5.26 Å². The molecule has 0 unspecified atom stereocenters. The molecule has 0 fully saturated rings. The molecule has 2 rings (SSSR count). The molecule has 0 atom stereocenters. The molecule has 6 nitrogen and oxygen atoms in total. The lowest BCUT2D eigenvalue weighted by Gasteiger charge is -2.24. The van der Waals surface area contributed by atoms with Gasteiger partial charge in [-0.2, -0.15) is 5.26 Å². The molecule has 0 aliphatic rings. The molecule has 0 aromatic carbocycles. The second-order valence-corrected chi connectivity index (χ2v) is 11.5. The Bertz CT molecular complexity index is 918. The number of hydrogen-bond donors (Lipinski definition) is 1.